The molecule has 1 rings (SSSR count). The topological polar surface area (TPSA) is 51.9 Å². The summed E-state index contributed by atoms with van der Waals surface area (Å²) in [7, 11) is 0. The van der Waals surface area contributed by atoms with Crippen molar-refractivity contribution in [1.82, 2.24) is 0 Å². The van der Waals surface area contributed by atoms with Crippen LogP contribution in [0.3, 0.4) is 0 Å². The molecule has 0 aromatic rings. The van der Waals surface area contributed by atoms with Crippen LogP contribution in [0.5, 0.6) is 0 Å². The minimum absolute atomic E-state index is 0.552. The van der Waals surface area contributed by atoms with Crippen LogP contribution < -0.4 is 11.2 Å². The van der Waals surface area contributed by atoms with Gasteiger partial charge in [0.05, 0.1) is 11.4 Å². The second-order valence-electron chi connectivity index (χ2n) is 2.42. The minimum atomic E-state index is 0.552. The molecule has 2 unspecified atom stereocenters. The summed E-state index contributed by atoms with van der Waals surface area (Å²) in [4.78, 5) is 4.45. The lowest BCUT2D eigenvalue weighted by Gasteiger charge is -1.96. The quantitative estimate of drug-likeness (QED) is 0.355. The molecule has 62 valence electrons. The van der Waals surface area contributed by atoms with Gasteiger partial charge in [0, 0.05) is 5.25 Å². The van der Waals surface area contributed by atoms with E-state index in [9.17, 15) is 0 Å². The van der Waals surface area contributed by atoms with Crippen LogP contribution in [0.25, 0.3) is 0 Å². The Morgan fingerprint density at radius 1 is 1.82 bits per heavy atom. The van der Waals surface area contributed by atoms with Crippen molar-refractivity contribution in [2.24, 2.45) is 5.90 Å². The molecular formula is C7H13N2OS+. The van der Waals surface area contributed by atoms with E-state index in [1.54, 1.807) is 12.5 Å². The Morgan fingerprint density at radius 3 is 2.82 bits per heavy atom. The maximum atomic E-state index is 4.93. The molecule has 1 aliphatic rings. The fourth-order valence-corrected chi connectivity index (χ4v) is 1.77. The van der Waals surface area contributed by atoms with Gasteiger partial charge in [-0.1, -0.05) is 6.92 Å². The number of hydrogen-bond donors (Lipinski definition) is 2. The van der Waals surface area contributed by atoms with E-state index in [1.165, 1.54) is 0 Å². The van der Waals surface area contributed by atoms with Crippen LogP contribution in [0.1, 0.15) is 6.92 Å². The molecule has 0 radical (unpaired) electrons. The lowest BCUT2D eigenvalue weighted by atomic mass is 10.3. The Balaban J connectivity index is 2.46. The van der Waals surface area contributed by atoms with Gasteiger partial charge < -0.3 is 4.84 Å². The minimum Gasteiger partial charge on any atom is -0.413 e. The molecule has 1 heterocycles. The molecule has 1 fully saturated rings. The van der Waals surface area contributed by atoms with E-state index in [0.717, 1.165) is 5.70 Å². The zero-order chi connectivity index (χ0) is 8.27. The molecule has 1 saturated heterocycles. The highest BCUT2D eigenvalue weighted by Crippen LogP contribution is 2.43. The van der Waals surface area contributed by atoms with E-state index >= 15 is 0 Å². The van der Waals surface area contributed by atoms with Crippen LogP contribution in [0, 0.1) is 0 Å². The first-order valence-corrected chi connectivity index (χ1v) is 4.40. The Labute approximate surface area is 70.6 Å². The van der Waals surface area contributed by atoms with Gasteiger partial charge in [-0.3, -0.25) is 5.32 Å². The second-order valence-corrected chi connectivity index (χ2v) is 3.94. The molecule has 2 atom stereocenters. The molecule has 3 nitrogen and oxygen atoms in total. The molecular weight excluding hydrogens is 160 g/mol. The highest BCUT2D eigenvalue weighted by atomic mass is 32.2. The van der Waals surface area contributed by atoms with Gasteiger partial charge in [0.25, 0.3) is 0 Å². The normalized spacial score (nSPS) is 29.8. The summed E-state index contributed by atoms with van der Waals surface area (Å²) in [6.07, 6.45) is 3.32. The van der Waals surface area contributed by atoms with E-state index in [-0.39, 0.29) is 0 Å². The Morgan fingerprint density at radius 2 is 2.45 bits per heavy atom. The number of rotatable bonds is 4. The predicted molar refractivity (Wildman–Crippen MR) is 46.3 cm³/mol. The molecule has 0 aromatic carbocycles. The number of thioether (sulfide) groups is 1. The average molecular weight is 173 g/mol. The van der Waals surface area contributed by atoms with Gasteiger partial charge in [-0.05, 0) is 6.58 Å². The number of hydrogen-bond acceptors (Lipinski definition) is 3. The van der Waals surface area contributed by atoms with Crippen LogP contribution in [-0.4, -0.2) is 10.5 Å². The summed E-state index contributed by atoms with van der Waals surface area (Å²) >= 11 is 1.90. The summed E-state index contributed by atoms with van der Waals surface area (Å²) in [5.74, 6) is 4.93. The number of nitrogens with two attached hydrogens (primary N) is 2. The first kappa shape index (κ1) is 8.64. The van der Waals surface area contributed by atoms with Crippen molar-refractivity contribution in [1.29, 1.82) is 0 Å². The molecule has 1 aliphatic heterocycles. The number of quaternary nitrogens is 1. The van der Waals surface area contributed by atoms with Gasteiger partial charge in [0.15, 0.2) is 12.0 Å². The van der Waals surface area contributed by atoms with Crippen LogP contribution in [0.4, 0.5) is 0 Å². The summed E-state index contributed by atoms with van der Waals surface area (Å²) in [6, 6.07) is 0. The third-order valence-corrected chi connectivity index (χ3v) is 2.91. The van der Waals surface area contributed by atoms with Gasteiger partial charge in [-0.15, -0.1) is 11.8 Å². The lowest BCUT2D eigenvalue weighted by molar-refractivity contribution is -0.536. The van der Waals surface area contributed by atoms with E-state index in [0.29, 0.717) is 10.5 Å². The van der Waals surface area contributed by atoms with Gasteiger partial charge in [0.2, 0.25) is 0 Å². The van der Waals surface area contributed by atoms with Crippen LogP contribution >= 0.6 is 11.8 Å². The Kier molecular flexibility index (Phi) is 2.99. The smallest absolute Gasteiger partial charge is 0.168 e. The zero-order valence-electron chi connectivity index (χ0n) is 6.49. The third kappa shape index (κ3) is 2.25. The predicted octanol–water partition coefficient (Wildman–Crippen LogP) is -0.0711. The fourth-order valence-electron chi connectivity index (χ4n) is 0.951. The largest absolute Gasteiger partial charge is 0.413 e. The van der Waals surface area contributed by atoms with Crippen molar-refractivity contribution in [3.8, 4) is 0 Å². The molecule has 0 spiro atoms. The third-order valence-electron chi connectivity index (χ3n) is 1.55. The van der Waals surface area contributed by atoms with Crippen LogP contribution in [0.15, 0.2) is 24.7 Å². The van der Waals surface area contributed by atoms with Crippen molar-refractivity contribution in [3.63, 3.8) is 0 Å². The maximum Gasteiger partial charge on any atom is 0.168 e. The maximum absolute atomic E-state index is 4.93. The van der Waals surface area contributed by atoms with Gasteiger partial charge in [0.1, 0.15) is 0 Å². The van der Waals surface area contributed by atoms with Crippen molar-refractivity contribution < 1.29 is 10.2 Å². The summed E-state index contributed by atoms with van der Waals surface area (Å²) in [6.45, 7) is 5.79. The summed E-state index contributed by atoms with van der Waals surface area (Å²) in [5, 5.41) is 3.16. The lowest BCUT2D eigenvalue weighted by Crippen LogP contribution is -2.76. The zero-order valence-corrected chi connectivity index (χ0v) is 7.30. The molecule has 0 aromatic heterocycles. The first-order valence-electron chi connectivity index (χ1n) is 3.46. The summed E-state index contributed by atoms with van der Waals surface area (Å²) in [5.41, 5.74) is 1.11. The monoisotopic (exact) mass is 173 g/mol. The highest BCUT2D eigenvalue weighted by molar-refractivity contribution is 8.07. The van der Waals surface area contributed by atoms with Gasteiger partial charge >= 0.3 is 0 Å². The standard InChI is InChI=1S/C7H12N2OS/c1-3-9-6(4-10-8)7-5(2)11-7/h3-5,7,9H,1,8H2,2H3/p+1. The van der Waals surface area contributed by atoms with Crippen molar-refractivity contribution in [3.05, 3.63) is 24.7 Å². The van der Waals surface area contributed by atoms with Crippen LogP contribution in [0.2, 0.25) is 0 Å². The molecule has 0 bridgehead atoms. The van der Waals surface area contributed by atoms with E-state index < -0.39 is 0 Å². The Bertz CT molecular complexity index is 181. The van der Waals surface area contributed by atoms with Gasteiger partial charge in [-0.2, -0.15) is 5.90 Å². The first-order chi connectivity index (χ1) is 5.29. The SMILES string of the molecule is C=C[NH2+]C(=CON)C1SC1C. The second kappa shape index (κ2) is 3.80. The summed E-state index contributed by atoms with van der Waals surface area (Å²) < 4.78 is 0. The Hall–Kier alpha value is -0.450. The van der Waals surface area contributed by atoms with Crippen molar-refractivity contribution in [2.45, 2.75) is 17.4 Å². The van der Waals surface area contributed by atoms with Crippen molar-refractivity contribution in [2.75, 3.05) is 0 Å². The van der Waals surface area contributed by atoms with E-state index in [2.05, 4.69) is 18.3 Å². The van der Waals surface area contributed by atoms with E-state index in [1.807, 2.05) is 17.1 Å². The molecule has 4 heteroatoms. The van der Waals surface area contributed by atoms with Crippen molar-refractivity contribution >= 4 is 11.8 Å². The van der Waals surface area contributed by atoms with E-state index in [4.69, 9.17) is 5.90 Å². The van der Waals surface area contributed by atoms with Crippen LogP contribution in [-0.2, 0) is 4.84 Å². The van der Waals surface area contributed by atoms with Gasteiger partial charge in [-0.25, -0.2) is 0 Å². The molecule has 4 N–H and O–H groups in total. The molecule has 0 saturated carbocycles. The molecule has 0 aliphatic carbocycles. The highest BCUT2D eigenvalue weighted by Gasteiger charge is 2.40. The average Bonchev–Trinajstić information content (AvgIpc) is 2.67. The molecule has 11 heavy (non-hydrogen) atoms. The fraction of sp³-hybridized carbons (Fsp3) is 0.429. The molecule has 0 amide bonds.